The van der Waals surface area contributed by atoms with Crippen molar-refractivity contribution in [2.75, 3.05) is 0 Å². The lowest BCUT2D eigenvalue weighted by molar-refractivity contribution is 0.803. The topological polar surface area (TPSA) is 69.1 Å². The number of hydrogen-bond acceptors (Lipinski definition) is 4. The van der Waals surface area contributed by atoms with E-state index in [-0.39, 0.29) is 0 Å². The first kappa shape index (κ1) is 8.43. The third kappa shape index (κ3) is 1.61. The molecule has 2 N–H and O–H groups in total. The molecule has 5 nitrogen and oxygen atoms in total. The van der Waals surface area contributed by atoms with Crippen molar-refractivity contribution in [1.82, 2.24) is 15.0 Å². The number of nitrogens with two attached hydrogens (primary N) is 1. The summed E-state index contributed by atoms with van der Waals surface area (Å²) in [6.07, 6.45) is 3.21. The van der Waals surface area contributed by atoms with E-state index in [1.807, 2.05) is 30.3 Å². The van der Waals surface area contributed by atoms with Gasteiger partial charge in [-0.3, -0.25) is 0 Å². The molecule has 0 saturated heterocycles. The summed E-state index contributed by atoms with van der Waals surface area (Å²) in [6, 6.07) is 9.71. The van der Waals surface area contributed by atoms with Gasteiger partial charge in [0.15, 0.2) is 0 Å². The van der Waals surface area contributed by atoms with E-state index in [1.165, 1.54) is 6.21 Å². The Kier molecular flexibility index (Phi) is 2.22. The Morgan fingerprint density at radius 2 is 2.07 bits per heavy atom. The zero-order valence-electron chi connectivity index (χ0n) is 7.41. The molecule has 1 heterocycles. The molecular formula is C9H9N5. The van der Waals surface area contributed by atoms with Crippen molar-refractivity contribution >= 4 is 6.21 Å². The highest BCUT2D eigenvalue weighted by Gasteiger charge is 1.98. The lowest BCUT2D eigenvalue weighted by Gasteiger charge is -1.96. The number of aromatic nitrogens is 3. The molecule has 0 aliphatic heterocycles. The summed E-state index contributed by atoms with van der Waals surface area (Å²) in [4.78, 5) is 0. The minimum Gasteiger partial charge on any atom is -0.323 e. The fourth-order valence-corrected chi connectivity index (χ4v) is 1.12. The summed E-state index contributed by atoms with van der Waals surface area (Å²) < 4.78 is 1.66. The molecule has 1 aromatic heterocycles. The lowest BCUT2D eigenvalue weighted by Crippen LogP contribution is -1.93. The fourth-order valence-electron chi connectivity index (χ4n) is 1.12. The van der Waals surface area contributed by atoms with Crippen molar-refractivity contribution in [3.05, 3.63) is 42.2 Å². The Balaban J connectivity index is 2.34. The van der Waals surface area contributed by atoms with E-state index in [1.54, 1.807) is 10.9 Å². The molecule has 0 bridgehead atoms. The van der Waals surface area contributed by atoms with Crippen LogP contribution >= 0.6 is 0 Å². The molecular weight excluding hydrogens is 178 g/mol. The van der Waals surface area contributed by atoms with Crippen LogP contribution in [-0.4, -0.2) is 21.2 Å². The number of para-hydroxylation sites is 1. The van der Waals surface area contributed by atoms with Crippen LogP contribution in [0.5, 0.6) is 0 Å². The quantitative estimate of drug-likeness (QED) is 0.424. The van der Waals surface area contributed by atoms with Gasteiger partial charge in [0, 0.05) is 0 Å². The summed E-state index contributed by atoms with van der Waals surface area (Å²) in [7, 11) is 0. The first-order chi connectivity index (χ1) is 6.90. The van der Waals surface area contributed by atoms with E-state index >= 15 is 0 Å². The van der Waals surface area contributed by atoms with Gasteiger partial charge in [-0.15, -0.1) is 5.10 Å². The second-order valence-electron chi connectivity index (χ2n) is 2.70. The first-order valence-corrected chi connectivity index (χ1v) is 4.11. The third-order valence-electron chi connectivity index (χ3n) is 1.74. The summed E-state index contributed by atoms with van der Waals surface area (Å²) in [6.45, 7) is 0. The highest BCUT2D eigenvalue weighted by Crippen LogP contribution is 2.04. The van der Waals surface area contributed by atoms with Crippen LogP contribution in [0, 0.1) is 0 Å². The van der Waals surface area contributed by atoms with Gasteiger partial charge in [-0.2, -0.15) is 5.10 Å². The summed E-state index contributed by atoms with van der Waals surface area (Å²) >= 11 is 0. The van der Waals surface area contributed by atoms with E-state index < -0.39 is 0 Å². The number of benzene rings is 1. The highest BCUT2D eigenvalue weighted by molar-refractivity contribution is 5.75. The van der Waals surface area contributed by atoms with Crippen LogP contribution in [0.25, 0.3) is 5.69 Å². The van der Waals surface area contributed by atoms with Gasteiger partial charge in [0.2, 0.25) is 0 Å². The molecule has 0 atom stereocenters. The second-order valence-corrected chi connectivity index (χ2v) is 2.70. The van der Waals surface area contributed by atoms with E-state index in [9.17, 15) is 0 Å². The summed E-state index contributed by atoms with van der Waals surface area (Å²) in [5.74, 6) is 5.00. The standard InChI is InChI=1S/C9H9N5/c10-11-6-8-7-14(13-12-8)9-4-2-1-3-5-9/h1-7H,10H2. The molecule has 2 aromatic rings. The molecule has 0 saturated carbocycles. The third-order valence-corrected chi connectivity index (χ3v) is 1.74. The Hall–Kier alpha value is -2.17. The van der Waals surface area contributed by atoms with Crippen LogP contribution in [0.4, 0.5) is 0 Å². The lowest BCUT2D eigenvalue weighted by atomic mass is 10.3. The van der Waals surface area contributed by atoms with Crippen LogP contribution in [-0.2, 0) is 0 Å². The molecule has 14 heavy (non-hydrogen) atoms. The number of hydrogen-bond donors (Lipinski definition) is 1. The smallest absolute Gasteiger partial charge is 0.126 e. The SMILES string of the molecule is NN=Cc1cn(-c2ccccc2)nn1. The van der Waals surface area contributed by atoms with Gasteiger partial charge in [0.05, 0.1) is 18.1 Å². The highest BCUT2D eigenvalue weighted by atomic mass is 15.4. The van der Waals surface area contributed by atoms with E-state index in [0.717, 1.165) is 5.69 Å². The molecule has 0 radical (unpaired) electrons. The Bertz CT molecular complexity index is 431. The summed E-state index contributed by atoms with van der Waals surface area (Å²) in [5, 5.41) is 11.2. The predicted molar refractivity (Wildman–Crippen MR) is 53.1 cm³/mol. The number of rotatable bonds is 2. The first-order valence-electron chi connectivity index (χ1n) is 4.11. The molecule has 70 valence electrons. The average Bonchev–Trinajstić information content (AvgIpc) is 2.68. The van der Waals surface area contributed by atoms with Crippen molar-refractivity contribution in [3.8, 4) is 5.69 Å². The normalized spacial score (nSPS) is 10.9. The van der Waals surface area contributed by atoms with Crippen molar-refractivity contribution in [2.45, 2.75) is 0 Å². The van der Waals surface area contributed by atoms with Gasteiger partial charge >= 0.3 is 0 Å². The van der Waals surface area contributed by atoms with Gasteiger partial charge in [-0.1, -0.05) is 23.4 Å². The van der Waals surface area contributed by atoms with Crippen LogP contribution in [0.2, 0.25) is 0 Å². The Morgan fingerprint density at radius 1 is 1.29 bits per heavy atom. The Labute approximate surface area is 80.9 Å². The minimum absolute atomic E-state index is 0.636. The predicted octanol–water partition coefficient (Wildman–Crippen LogP) is 0.560. The maximum Gasteiger partial charge on any atom is 0.126 e. The summed E-state index contributed by atoms with van der Waals surface area (Å²) in [5.41, 5.74) is 1.59. The molecule has 0 unspecified atom stereocenters. The van der Waals surface area contributed by atoms with Crippen molar-refractivity contribution in [1.29, 1.82) is 0 Å². The zero-order valence-corrected chi connectivity index (χ0v) is 7.41. The Morgan fingerprint density at radius 3 is 2.79 bits per heavy atom. The van der Waals surface area contributed by atoms with E-state index in [4.69, 9.17) is 5.84 Å². The van der Waals surface area contributed by atoms with Crippen molar-refractivity contribution < 1.29 is 0 Å². The molecule has 1 aromatic carbocycles. The van der Waals surface area contributed by atoms with E-state index in [2.05, 4.69) is 15.4 Å². The van der Waals surface area contributed by atoms with Crippen molar-refractivity contribution in [3.63, 3.8) is 0 Å². The molecule has 0 aliphatic rings. The zero-order chi connectivity index (χ0) is 9.80. The maximum atomic E-state index is 5.00. The van der Waals surface area contributed by atoms with Crippen LogP contribution in [0.15, 0.2) is 41.6 Å². The van der Waals surface area contributed by atoms with Gasteiger partial charge < -0.3 is 5.84 Å². The average molecular weight is 187 g/mol. The monoisotopic (exact) mass is 187 g/mol. The van der Waals surface area contributed by atoms with Gasteiger partial charge in [0.25, 0.3) is 0 Å². The van der Waals surface area contributed by atoms with Gasteiger partial charge in [0.1, 0.15) is 5.69 Å². The largest absolute Gasteiger partial charge is 0.323 e. The minimum atomic E-state index is 0.636. The van der Waals surface area contributed by atoms with E-state index in [0.29, 0.717) is 5.69 Å². The molecule has 5 heteroatoms. The molecule has 0 fully saturated rings. The second kappa shape index (κ2) is 3.69. The van der Waals surface area contributed by atoms with Crippen LogP contribution in [0.1, 0.15) is 5.69 Å². The number of nitrogens with zero attached hydrogens (tertiary/aromatic N) is 4. The molecule has 0 aliphatic carbocycles. The molecule has 2 rings (SSSR count). The number of hydrazone groups is 1. The van der Waals surface area contributed by atoms with Crippen LogP contribution in [0.3, 0.4) is 0 Å². The van der Waals surface area contributed by atoms with Crippen LogP contribution < -0.4 is 5.84 Å². The van der Waals surface area contributed by atoms with Gasteiger partial charge in [-0.05, 0) is 12.1 Å². The maximum absolute atomic E-state index is 5.00. The van der Waals surface area contributed by atoms with Gasteiger partial charge in [-0.25, -0.2) is 4.68 Å². The van der Waals surface area contributed by atoms with Crippen molar-refractivity contribution in [2.24, 2.45) is 10.9 Å². The fraction of sp³-hybridized carbons (Fsp3) is 0. The molecule has 0 spiro atoms. The molecule has 0 amide bonds.